The quantitative estimate of drug-likeness (QED) is 0.688. The summed E-state index contributed by atoms with van der Waals surface area (Å²) < 4.78 is 0. The molecule has 0 radical (unpaired) electrons. The number of carbonyl (C=O) groups is 2. The highest BCUT2D eigenvalue weighted by Gasteiger charge is 2.18. The number of nitrogens with two attached hydrogens (primary N) is 1. The zero-order valence-corrected chi connectivity index (χ0v) is 12.0. The van der Waals surface area contributed by atoms with Gasteiger partial charge in [0.1, 0.15) is 6.04 Å². The zero-order valence-electron chi connectivity index (χ0n) is 12.0. The summed E-state index contributed by atoms with van der Waals surface area (Å²) in [6.07, 6.45) is 0. The summed E-state index contributed by atoms with van der Waals surface area (Å²) in [7, 11) is 0. The third-order valence-corrected chi connectivity index (χ3v) is 3.11. The van der Waals surface area contributed by atoms with Gasteiger partial charge >= 0.3 is 5.97 Å². The van der Waals surface area contributed by atoms with E-state index in [0.29, 0.717) is 18.8 Å². The lowest BCUT2D eigenvalue weighted by Crippen LogP contribution is -2.41. The molecule has 0 aliphatic rings. The van der Waals surface area contributed by atoms with E-state index in [9.17, 15) is 9.59 Å². The van der Waals surface area contributed by atoms with Crippen molar-refractivity contribution in [3.8, 4) is 0 Å². The number of rotatable bonds is 6. The Hall–Kier alpha value is -2.24. The van der Waals surface area contributed by atoms with Gasteiger partial charge in [-0.15, -0.1) is 0 Å². The number of anilines is 2. The van der Waals surface area contributed by atoms with E-state index in [1.165, 1.54) is 12.1 Å². The van der Waals surface area contributed by atoms with Crippen LogP contribution in [0.3, 0.4) is 0 Å². The number of hydrogen-bond acceptors (Lipinski definition) is 4. The van der Waals surface area contributed by atoms with Crippen molar-refractivity contribution in [3.05, 3.63) is 23.8 Å². The summed E-state index contributed by atoms with van der Waals surface area (Å²) in [4.78, 5) is 24.8. The topological polar surface area (TPSA) is 95.7 Å². The second kappa shape index (κ2) is 6.79. The van der Waals surface area contributed by atoms with Gasteiger partial charge in [0.15, 0.2) is 0 Å². The highest BCUT2D eigenvalue weighted by atomic mass is 16.4. The first-order valence-corrected chi connectivity index (χ1v) is 6.58. The lowest BCUT2D eigenvalue weighted by atomic mass is 10.1. The Kier molecular flexibility index (Phi) is 5.37. The number of likely N-dealkylation sites (N-methyl/N-ethyl adjacent to an activating group) is 1. The molecule has 1 rings (SSSR count). The number of nitrogens with one attached hydrogen (secondary N) is 1. The molecule has 110 valence electrons. The van der Waals surface area contributed by atoms with Gasteiger partial charge < -0.3 is 21.1 Å². The van der Waals surface area contributed by atoms with Crippen LogP contribution in [0.1, 0.15) is 31.1 Å². The first kappa shape index (κ1) is 15.8. The molecule has 4 N–H and O–H groups in total. The predicted molar refractivity (Wildman–Crippen MR) is 78.8 cm³/mol. The van der Waals surface area contributed by atoms with Crippen LogP contribution in [0.25, 0.3) is 0 Å². The fourth-order valence-electron chi connectivity index (χ4n) is 1.95. The van der Waals surface area contributed by atoms with Crippen LogP contribution in [0, 0.1) is 0 Å². The molecule has 0 fully saturated rings. The first-order valence-electron chi connectivity index (χ1n) is 6.58. The predicted octanol–water partition coefficient (Wildman–Crippen LogP) is 1.64. The van der Waals surface area contributed by atoms with Gasteiger partial charge in [-0.3, -0.25) is 4.79 Å². The molecule has 0 aliphatic carbocycles. The minimum atomic E-state index is -1.09. The maximum absolute atomic E-state index is 12.1. The average Bonchev–Trinajstić information content (AvgIpc) is 2.41. The van der Waals surface area contributed by atoms with Crippen LogP contribution in [0.2, 0.25) is 0 Å². The number of amides is 1. The van der Waals surface area contributed by atoms with Gasteiger partial charge in [-0.25, -0.2) is 4.79 Å². The molecule has 0 bridgehead atoms. The van der Waals surface area contributed by atoms with Crippen molar-refractivity contribution >= 4 is 23.3 Å². The molecule has 1 amide bonds. The van der Waals surface area contributed by atoms with Crippen LogP contribution in [-0.4, -0.2) is 41.0 Å². The number of nitrogen functional groups attached to an aromatic ring is 1. The van der Waals surface area contributed by atoms with E-state index in [2.05, 4.69) is 5.32 Å². The minimum absolute atomic E-state index is 0.0244. The molecule has 0 spiro atoms. The van der Waals surface area contributed by atoms with Crippen molar-refractivity contribution in [1.82, 2.24) is 4.90 Å². The van der Waals surface area contributed by atoms with Gasteiger partial charge in [0.05, 0.1) is 5.56 Å². The van der Waals surface area contributed by atoms with Gasteiger partial charge in [0, 0.05) is 24.5 Å². The van der Waals surface area contributed by atoms with E-state index in [1.807, 2.05) is 13.8 Å². The third kappa shape index (κ3) is 3.63. The number of carboxylic acids is 1. The zero-order chi connectivity index (χ0) is 15.3. The normalized spacial score (nSPS) is 11.8. The average molecular weight is 279 g/mol. The Balaban J connectivity index is 2.85. The molecule has 0 saturated carbocycles. The van der Waals surface area contributed by atoms with Gasteiger partial charge in [-0.05, 0) is 39.0 Å². The molecular weight excluding hydrogens is 258 g/mol. The third-order valence-electron chi connectivity index (χ3n) is 3.11. The molecule has 20 heavy (non-hydrogen) atoms. The molecule has 1 aromatic rings. The van der Waals surface area contributed by atoms with Crippen LogP contribution >= 0.6 is 0 Å². The summed E-state index contributed by atoms with van der Waals surface area (Å²) in [5, 5.41) is 12.0. The highest BCUT2D eigenvalue weighted by molar-refractivity contribution is 5.95. The fourth-order valence-corrected chi connectivity index (χ4v) is 1.95. The monoisotopic (exact) mass is 279 g/mol. The number of aromatic carboxylic acids is 1. The second-order valence-electron chi connectivity index (χ2n) is 4.48. The molecule has 1 atom stereocenters. The molecule has 0 aromatic heterocycles. The van der Waals surface area contributed by atoms with Crippen LogP contribution in [0.15, 0.2) is 18.2 Å². The minimum Gasteiger partial charge on any atom is -0.478 e. The second-order valence-corrected chi connectivity index (χ2v) is 4.48. The maximum Gasteiger partial charge on any atom is 0.337 e. The number of carbonyl (C=O) groups excluding carboxylic acids is 1. The number of nitrogens with zero attached hydrogens (tertiary/aromatic N) is 1. The summed E-state index contributed by atoms with van der Waals surface area (Å²) in [5.74, 6) is -1.11. The number of hydrogen-bond donors (Lipinski definition) is 3. The number of benzene rings is 1. The van der Waals surface area contributed by atoms with Crippen molar-refractivity contribution in [2.45, 2.75) is 26.8 Å². The molecular formula is C14H21N3O3. The maximum atomic E-state index is 12.1. The van der Waals surface area contributed by atoms with Crippen LogP contribution in [-0.2, 0) is 4.79 Å². The van der Waals surface area contributed by atoms with Crippen LogP contribution in [0.4, 0.5) is 11.4 Å². The summed E-state index contributed by atoms with van der Waals surface area (Å²) >= 11 is 0. The van der Waals surface area contributed by atoms with Gasteiger partial charge in [0.2, 0.25) is 5.91 Å². The van der Waals surface area contributed by atoms with Crippen LogP contribution < -0.4 is 11.1 Å². The van der Waals surface area contributed by atoms with E-state index in [0.717, 1.165) is 0 Å². The smallest absolute Gasteiger partial charge is 0.337 e. The van der Waals surface area contributed by atoms with Crippen molar-refractivity contribution in [2.24, 2.45) is 0 Å². The molecule has 0 saturated heterocycles. The van der Waals surface area contributed by atoms with Crippen LogP contribution in [0.5, 0.6) is 0 Å². The molecule has 1 unspecified atom stereocenters. The van der Waals surface area contributed by atoms with E-state index in [1.54, 1.807) is 17.9 Å². The summed E-state index contributed by atoms with van der Waals surface area (Å²) in [6, 6.07) is 4.18. The van der Waals surface area contributed by atoms with E-state index in [-0.39, 0.29) is 17.2 Å². The van der Waals surface area contributed by atoms with Crippen molar-refractivity contribution in [1.29, 1.82) is 0 Å². The Bertz CT molecular complexity index is 498. The molecule has 0 heterocycles. The Morgan fingerprint density at radius 3 is 2.45 bits per heavy atom. The van der Waals surface area contributed by atoms with Crippen molar-refractivity contribution in [3.63, 3.8) is 0 Å². The summed E-state index contributed by atoms with van der Waals surface area (Å²) in [5.41, 5.74) is 6.37. The molecule has 1 aromatic carbocycles. The Morgan fingerprint density at radius 2 is 1.95 bits per heavy atom. The largest absolute Gasteiger partial charge is 0.478 e. The van der Waals surface area contributed by atoms with E-state index in [4.69, 9.17) is 10.8 Å². The lowest BCUT2D eigenvalue weighted by Gasteiger charge is -2.24. The Morgan fingerprint density at radius 1 is 1.35 bits per heavy atom. The molecule has 6 heteroatoms. The Labute approximate surface area is 118 Å². The molecule has 6 nitrogen and oxygen atoms in total. The van der Waals surface area contributed by atoms with Gasteiger partial charge in [0.25, 0.3) is 0 Å². The SMILES string of the molecule is CCN(CC)C(=O)C(C)Nc1ccc(N)c(C(=O)O)c1. The number of carboxylic acid groups (broad SMARTS) is 1. The van der Waals surface area contributed by atoms with Gasteiger partial charge in [-0.1, -0.05) is 0 Å². The summed E-state index contributed by atoms with van der Waals surface area (Å²) in [6.45, 7) is 6.87. The highest BCUT2D eigenvalue weighted by Crippen LogP contribution is 2.18. The molecule has 0 aliphatic heterocycles. The van der Waals surface area contributed by atoms with Crippen molar-refractivity contribution in [2.75, 3.05) is 24.1 Å². The fraction of sp³-hybridized carbons (Fsp3) is 0.429. The van der Waals surface area contributed by atoms with Gasteiger partial charge in [-0.2, -0.15) is 0 Å². The van der Waals surface area contributed by atoms with E-state index < -0.39 is 12.0 Å². The first-order chi connectivity index (χ1) is 9.40. The van der Waals surface area contributed by atoms with E-state index >= 15 is 0 Å². The van der Waals surface area contributed by atoms with Crippen molar-refractivity contribution < 1.29 is 14.7 Å². The lowest BCUT2D eigenvalue weighted by molar-refractivity contribution is -0.131. The standard InChI is InChI=1S/C14H21N3O3/c1-4-17(5-2)13(18)9(3)16-10-6-7-12(15)11(8-10)14(19)20/h6-9,16H,4-5,15H2,1-3H3,(H,19,20).